The van der Waals surface area contributed by atoms with Gasteiger partial charge in [0.25, 0.3) is 0 Å². The van der Waals surface area contributed by atoms with E-state index in [4.69, 9.17) is 22.1 Å². The molecule has 0 aliphatic heterocycles. The standard InChI is InChI=1S/C15H15BrClNOS/c1-10-3-2-4-14(15(10)18)20-8-7-19-13-6-5-11(17)9-12(13)16/h2-6,9H,7-8,18H2,1H3. The molecule has 2 N–H and O–H groups in total. The molecule has 0 radical (unpaired) electrons. The van der Waals surface area contributed by atoms with Crippen LogP contribution in [0.3, 0.4) is 0 Å². The van der Waals surface area contributed by atoms with Crippen LogP contribution in [-0.4, -0.2) is 12.4 Å². The first-order valence-electron chi connectivity index (χ1n) is 6.13. The predicted molar refractivity (Wildman–Crippen MR) is 91.0 cm³/mol. The van der Waals surface area contributed by atoms with E-state index in [2.05, 4.69) is 15.9 Å². The van der Waals surface area contributed by atoms with Crippen molar-refractivity contribution >= 4 is 45.0 Å². The van der Waals surface area contributed by atoms with Crippen molar-refractivity contribution < 1.29 is 4.74 Å². The van der Waals surface area contributed by atoms with Gasteiger partial charge in [-0.25, -0.2) is 0 Å². The minimum Gasteiger partial charge on any atom is -0.492 e. The lowest BCUT2D eigenvalue weighted by atomic mass is 10.2. The fraction of sp³-hybridized carbons (Fsp3) is 0.200. The zero-order chi connectivity index (χ0) is 14.5. The fourth-order valence-electron chi connectivity index (χ4n) is 1.68. The number of anilines is 1. The zero-order valence-electron chi connectivity index (χ0n) is 11.0. The van der Waals surface area contributed by atoms with Crippen molar-refractivity contribution in [3.8, 4) is 5.75 Å². The number of para-hydroxylation sites is 1. The quantitative estimate of drug-likeness (QED) is 0.447. The van der Waals surface area contributed by atoms with E-state index in [9.17, 15) is 0 Å². The van der Waals surface area contributed by atoms with Gasteiger partial charge in [0.05, 0.1) is 11.1 Å². The summed E-state index contributed by atoms with van der Waals surface area (Å²) in [5.74, 6) is 1.63. The van der Waals surface area contributed by atoms with E-state index in [1.807, 2.05) is 43.3 Å². The molecule has 0 bridgehead atoms. The van der Waals surface area contributed by atoms with E-state index in [-0.39, 0.29) is 0 Å². The molecule has 20 heavy (non-hydrogen) atoms. The van der Waals surface area contributed by atoms with Crippen LogP contribution in [0.5, 0.6) is 5.75 Å². The maximum absolute atomic E-state index is 6.03. The summed E-state index contributed by atoms with van der Waals surface area (Å²) in [6, 6.07) is 11.6. The van der Waals surface area contributed by atoms with E-state index >= 15 is 0 Å². The highest BCUT2D eigenvalue weighted by Crippen LogP contribution is 2.29. The minimum atomic E-state index is 0.609. The summed E-state index contributed by atoms with van der Waals surface area (Å²) >= 11 is 11.0. The van der Waals surface area contributed by atoms with Gasteiger partial charge in [0.1, 0.15) is 5.75 Å². The molecule has 0 aliphatic rings. The van der Waals surface area contributed by atoms with Gasteiger partial charge in [-0.1, -0.05) is 23.7 Å². The topological polar surface area (TPSA) is 35.2 Å². The Morgan fingerprint density at radius 2 is 2.10 bits per heavy atom. The summed E-state index contributed by atoms with van der Waals surface area (Å²) in [5.41, 5.74) is 7.99. The first-order valence-corrected chi connectivity index (χ1v) is 8.29. The molecule has 0 saturated carbocycles. The highest BCUT2D eigenvalue weighted by Gasteiger charge is 2.04. The Balaban J connectivity index is 1.86. The van der Waals surface area contributed by atoms with E-state index in [1.165, 1.54) is 0 Å². The second kappa shape index (κ2) is 7.25. The highest BCUT2D eigenvalue weighted by molar-refractivity contribution is 9.10. The number of hydrogen-bond donors (Lipinski definition) is 1. The Labute approximate surface area is 136 Å². The number of hydrogen-bond acceptors (Lipinski definition) is 3. The number of ether oxygens (including phenoxy) is 1. The Morgan fingerprint density at radius 3 is 2.85 bits per heavy atom. The Kier molecular flexibility index (Phi) is 5.64. The highest BCUT2D eigenvalue weighted by atomic mass is 79.9. The third-order valence-electron chi connectivity index (χ3n) is 2.78. The SMILES string of the molecule is Cc1cccc(SCCOc2ccc(Cl)cc2Br)c1N. The molecule has 2 aromatic carbocycles. The number of halogens is 2. The number of thioether (sulfide) groups is 1. The van der Waals surface area contributed by atoms with Crippen molar-refractivity contribution in [2.24, 2.45) is 0 Å². The van der Waals surface area contributed by atoms with Crippen LogP contribution >= 0.6 is 39.3 Å². The monoisotopic (exact) mass is 371 g/mol. The molecule has 0 heterocycles. The third-order valence-corrected chi connectivity index (χ3v) is 4.67. The van der Waals surface area contributed by atoms with Gasteiger partial charge in [0.15, 0.2) is 0 Å². The normalized spacial score (nSPS) is 10.6. The van der Waals surface area contributed by atoms with E-state index in [0.717, 1.165) is 32.1 Å². The van der Waals surface area contributed by atoms with E-state index < -0.39 is 0 Å². The molecule has 0 aliphatic carbocycles. The van der Waals surface area contributed by atoms with Crippen molar-refractivity contribution in [3.63, 3.8) is 0 Å². The third kappa shape index (κ3) is 4.08. The van der Waals surface area contributed by atoms with Crippen LogP contribution in [0.1, 0.15) is 5.56 Å². The maximum Gasteiger partial charge on any atom is 0.133 e. The summed E-state index contributed by atoms with van der Waals surface area (Å²) in [6.45, 7) is 2.62. The molecule has 2 nitrogen and oxygen atoms in total. The van der Waals surface area contributed by atoms with Gasteiger partial charge >= 0.3 is 0 Å². The van der Waals surface area contributed by atoms with Crippen molar-refractivity contribution in [1.82, 2.24) is 0 Å². The van der Waals surface area contributed by atoms with Crippen LogP contribution in [-0.2, 0) is 0 Å². The van der Waals surface area contributed by atoms with E-state index in [1.54, 1.807) is 11.8 Å². The van der Waals surface area contributed by atoms with Gasteiger partial charge in [0, 0.05) is 21.4 Å². The van der Waals surface area contributed by atoms with Crippen LogP contribution in [0.4, 0.5) is 5.69 Å². The van der Waals surface area contributed by atoms with Gasteiger partial charge in [-0.15, -0.1) is 11.8 Å². The predicted octanol–water partition coefficient (Wildman–Crippen LogP) is 5.16. The zero-order valence-corrected chi connectivity index (χ0v) is 14.2. The van der Waals surface area contributed by atoms with Crippen LogP contribution in [0.15, 0.2) is 45.8 Å². The van der Waals surface area contributed by atoms with Gasteiger partial charge in [-0.2, -0.15) is 0 Å². The molecule has 0 fully saturated rings. The van der Waals surface area contributed by atoms with Gasteiger partial charge in [0.2, 0.25) is 0 Å². The lowest BCUT2D eigenvalue weighted by Crippen LogP contribution is -2.01. The molecule has 0 unspecified atom stereocenters. The minimum absolute atomic E-state index is 0.609. The number of aryl methyl sites for hydroxylation is 1. The lowest BCUT2D eigenvalue weighted by Gasteiger charge is -2.10. The Morgan fingerprint density at radius 1 is 1.30 bits per heavy atom. The fourth-order valence-corrected chi connectivity index (χ4v) is 3.35. The summed E-state index contributed by atoms with van der Waals surface area (Å²) < 4.78 is 6.58. The summed E-state index contributed by atoms with van der Waals surface area (Å²) in [7, 11) is 0. The first-order chi connectivity index (χ1) is 9.58. The van der Waals surface area contributed by atoms with Crippen molar-refractivity contribution in [2.45, 2.75) is 11.8 Å². The molecule has 5 heteroatoms. The molecule has 2 aromatic rings. The second-order valence-corrected chi connectivity index (χ2v) is 6.69. The van der Waals surface area contributed by atoms with Gasteiger partial charge in [-0.3, -0.25) is 0 Å². The first kappa shape index (κ1) is 15.5. The van der Waals surface area contributed by atoms with Gasteiger partial charge in [-0.05, 0) is 52.7 Å². The smallest absolute Gasteiger partial charge is 0.133 e. The summed E-state index contributed by atoms with van der Waals surface area (Å²) in [5, 5.41) is 0.686. The van der Waals surface area contributed by atoms with Crippen LogP contribution in [0.2, 0.25) is 5.02 Å². The molecular weight excluding hydrogens is 358 g/mol. The Hall–Kier alpha value is -0.840. The largest absolute Gasteiger partial charge is 0.492 e. The summed E-state index contributed by atoms with van der Waals surface area (Å²) in [4.78, 5) is 1.10. The molecule has 0 atom stereocenters. The van der Waals surface area contributed by atoms with Gasteiger partial charge < -0.3 is 10.5 Å². The molecule has 106 valence electrons. The molecule has 0 saturated heterocycles. The average Bonchev–Trinajstić information content (AvgIpc) is 2.41. The molecule has 0 spiro atoms. The molecule has 0 amide bonds. The second-order valence-electron chi connectivity index (χ2n) is 4.26. The van der Waals surface area contributed by atoms with Crippen LogP contribution < -0.4 is 10.5 Å². The molecule has 2 rings (SSSR count). The van der Waals surface area contributed by atoms with Crippen molar-refractivity contribution in [1.29, 1.82) is 0 Å². The Bertz CT molecular complexity index is 606. The number of nitrogens with two attached hydrogens (primary N) is 1. The number of benzene rings is 2. The summed E-state index contributed by atoms with van der Waals surface area (Å²) in [6.07, 6.45) is 0. The van der Waals surface area contributed by atoms with Crippen molar-refractivity contribution in [3.05, 3.63) is 51.5 Å². The van der Waals surface area contributed by atoms with E-state index in [0.29, 0.717) is 11.6 Å². The lowest BCUT2D eigenvalue weighted by molar-refractivity contribution is 0.342. The maximum atomic E-state index is 6.03. The van der Waals surface area contributed by atoms with Crippen LogP contribution in [0.25, 0.3) is 0 Å². The molecular formula is C15H15BrClNOS. The van der Waals surface area contributed by atoms with Crippen LogP contribution in [0, 0.1) is 6.92 Å². The molecule has 0 aromatic heterocycles. The van der Waals surface area contributed by atoms with Crippen molar-refractivity contribution in [2.75, 3.05) is 18.1 Å². The number of rotatable bonds is 5. The number of nitrogen functional groups attached to an aromatic ring is 1. The average molecular weight is 373 g/mol.